The van der Waals surface area contributed by atoms with Crippen LogP contribution in [0.1, 0.15) is 46.0 Å². The molecular weight excluding hydrogens is 224 g/mol. The van der Waals surface area contributed by atoms with Gasteiger partial charge < -0.3 is 10.2 Å². The maximum Gasteiger partial charge on any atom is 0.157 e. The van der Waals surface area contributed by atoms with E-state index in [1.54, 1.807) is 6.08 Å². The van der Waals surface area contributed by atoms with Crippen LogP contribution in [0.3, 0.4) is 0 Å². The minimum absolute atomic E-state index is 0.124. The average molecular weight is 250 g/mol. The number of hydrogen-bond donors (Lipinski definition) is 1. The van der Waals surface area contributed by atoms with E-state index in [4.69, 9.17) is 0 Å². The Labute approximate surface area is 111 Å². The molecule has 1 N–H and O–H groups in total. The van der Waals surface area contributed by atoms with Gasteiger partial charge in [0, 0.05) is 31.3 Å². The van der Waals surface area contributed by atoms with Gasteiger partial charge in [-0.15, -0.1) is 0 Å². The molecule has 0 aromatic carbocycles. The van der Waals surface area contributed by atoms with Crippen LogP contribution in [0.5, 0.6) is 0 Å². The Bertz CT molecular complexity index is 327. The molecule has 0 saturated carbocycles. The Hall–Kier alpha value is -0.830. The third kappa shape index (κ3) is 4.13. The summed E-state index contributed by atoms with van der Waals surface area (Å²) in [4.78, 5) is 14.1. The second-order valence-electron chi connectivity index (χ2n) is 6.48. The second kappa shape index (κ2) is 5.87. The molecule has 3 nitrogen and oxygen atoms in total. The SMILES string of the molecule is CC1(C)CC(=O)C=C(NCCN2CCCCC2)C1. The van der Waals surface area contributed by atoms with Crippen LogP contribution in [0.15, 0.2) is 11.8 Å². The van der Waals surface area contributed by atoms with Gasteiger partial charge in [0.05, 0.1) is 0 Å². The zero-order chi connectivity index (χ0) is 13.0. The quantitative estimate of drug-likeness (QED) is 0.831. The summed E-state index contributed by atoms with van der Waals surface area (Å²) >= 11 is 0. The summed E-state index contributed by atoms with van der Waals surface area (Å²) in [5, 5.41) is 3.45. The first kappa shape index (κ1) is 13.6. The molecule has 1 aliphatic carbocycles. The van der Waals surface area contributed by atoms with E-state index in [0.717, 1.165) is 25.2 Å². The van der Waals surface area contributed by atoms with Crippen molar-refractivity contribution in [2.45, 2.75) is 46.0 Å². The van der Waals surface area contributed by atoms with Crippen molar-refractivity contribution in [1.82, 2.24) is 10.2 Å². The molecule has 0 amide bonds. The van der Waals surface area contributed by atoms with Crippen LogP contribution in [-0.4, -0.2) is 36.9 Å². The summed E-state index contributed by atoms with van der Waals surface area (Å²) in [5.41, 5.74) is 1.26. The summed E-state index contributed by atoms with van der Waals surface area (Å²) in [6, 6.07) is 0. The maximum atomic E-state index is 11.6. The highest BCUT2D eigenvalue weighted by Gasteiger charge is 2.27. The molecule has 0 aromatic heterocycles. The molecule has 18 heavy (non-hydrogen) atoms. The topological polar surface area (TPSA) is 32.3 Å². The van der Waals surface area contributed by atoms with E-state index in [1.165, 1.54) is 32.4 Å². The Morgan fingerprint density at radius 1 is 1.22 bits per heavy atom. The smallest absolute Gasteiger partial charge is 0.157 e. The number of carbonyl (C=O) groups is 1. The molecule has 1 aliphatic heterocycles. The van der Waals surface area contributed by atoms with Gasteiger partial charge in [-0.2, -0.15) is 0 Å². The average Bonchev–Trinajstić information content (AvgIpc) is 2.27. The molecule has 3 heteroatoms. The van der Waals surface area contributed by atoms with E-state index < -0.39 is 0 Å². The van der Waals surface area contributed by atoms with Crippen molar-refractivity contribution in [2.75, 3.05) is 26.2 Å². The number of nitrogens with one attached hydrogen (secondary N) is 1. The van der Waals surface area contributed by atoms with Crippen molar-refractivity contribution < 1.29 is 4.79 Å². The van der Waals surface area contributed by atoms with Crippen LogP contribution in [0.4, 0.5) is 0 Å². The van der Waals surface area contributed by atoms with Crippen LogP contribution in [0, 0.1) is 5.41 Å². The minimum atomic E-state index is 0.124. The van der Waals surface area contributed by atoms with Crippen LogP contribution in [0.2, 0.25) is 0 Å². The first-order valence-electron chi connectivity index (χ1n) is 7.25. The zero-order valence-electron chi connectivity index (χ0n) is 11.8. The molecule has 2 aliphatic rings. The fourth-order valence-electron chi connectivity index (χ4n) is 3.02. The molecule has 1 fully saturated rings. The van der Waals surface area contributed by atoms with E-state index in [9.17, 15) is 4.79 Å². The highest BCUT2D eigenvalue weighted by Crippen LogP contribution is 2.32. The van der Waals surface area contributed by atoms with Crippen molar-refractivity contribution in [3.05, 3.63) is 11.8 Å². The molecule has 0 bridgehead atoms. The van der Waals surface area contributed by atoms with Gasteiger partial charge in [-0.1, -0.05) is 20.3 Å². The molecule has 0 spiro atoms. The summed E-state index contributed by atoms with van der Waals surface area (Å²) in [6.07, 6.45) is 7.56. The largest absolute Gasteiger partial charge is 0.387 e. The minimum Gasteiger partial charge on any atom is -0.387 e. The lowest BCUT2D eigenvalue weighted by Crippen LogP contribution is -2.37. The molecule has 2 rings (SSSR count). The third-order valence-corrected chi connectivity index (χ3v) is 3.89. The summed E-state index contributed by atoms with van der Waals surface area (Å²) < 4.78 is 0. The molecule has 0 radical (unpaired) electrons. The zero-order valence-corrected chi connectivity index (χ0v) is 11.8. The second-order valence-corrected chi connectivity index (χ2v) is 6.48. The van der Waals surface area contributed by atoms with Gasteiger partial charge in [0.2, 0.25) is 0 Å². The van der Waals surface area contributed by atoms with E-state index in [0.29, 0.717) is 6.42 Å². The fraction of sp³-hybridized carbons (Fsp3) is 0.800. The number of ketones is 1. The monoisotopic (exact) mass is 250 g/mol. The van der Waals surface area contributed by atoms with Gasteiger partial charge in [0.1, 0.15) is 0 Å². The highest BCUT2D eigenvalue weighted by atomic mass is 16.1. The van der Waals surface area contributed by atoms with Gasteiger partial charge >= 0.3 is 0 Å². The fourth-order valence-corrected chi connectivity index (χ4v) is 3.02. The first-order chi connectivity index (χ1) is 8.55. The Morgan fingerprint density at radius 2 is 1.94 bits per heavy atom. The first-order valence-corrected chi connectivity index (χ1v) is 7.25. The van der Waals surface area contributed by atoms with Crippen molar-refractivity contribution in [3.8, 4) is 0 Å². The number of carbonyl (C=O) groups excluding carboxylic acids is 1. The van der Waals surface area contributed by atoms with Gasteiger partial charge in [0.25, 0.3) is 0 Å². The number of nitrogens with zero attached hydrogens (tertiary/aromatic N) is 1. The predicted octanol–water partition coefficient (Wildman–Crippen LogP) is 2.33. The van der Waals surface area contributed by atoms with Crippen molar-refractivity contribution in [2.24, 2.45) is 5.41 Å². The standard InChI is InChI=1S/C15H26N2O/c1-15(2)11-13(10-14(18)12-15)16-6-9-17-7-4-3-5-8-17/h10,16H,3-9,11-12H2,1-2H3. The molecule has 1 saturated heterocycles. The molecular formula is C15H26N2O. The highest BCUT2D eigenvalue weighted by molar-refractivity contribution is 5.91. The van der Waals surface area contributed by atoms with Crippen LogP contribution >= 0.6 is 0 Å². The number of rotatable bonds is 4. The van der Waals surface area contributed by atoms with Gasteiger partial charge in [-0.25, -0.2) is 0 Å². The lowest BCUT2D eigenvalue weighted by Gasteiger charge is -2.30. The summed E-state index contributed by atoms with van der Waals surface area (Å²) in [6.45, 7) is 8.89. The normalized spacial score (nSPS) is 24.8. The molecule has 1 heterocycles. The number of allylic oxidation sites excluding steroid dienone is 2. The van der Waals surface area contributed by atoms with E-state index in [1.807, 2.05) is 0 Å². The lowest BCUT2D eigenvalue weighted by molar-refractivity contribution is -0.117. The van der Waals surface area contributed by atoms with Crippen molar-refractivity contribution in [1.29, 1.82) is 0 Å². The van der Waals surface area contributed by atoms with Crippen molar-refractivity contribution in [3.63, 3.8) is 0 Å². The summed E-state index contributed by atoms with van der Waals surface area (Å²) in [5.74, 6) is 0.270. The molecule has 102 valence electrons. The Balaban J connectivity index is 1.74. The van der Waals surface area contributed by atoms with E-state index >= 15 is 0 Å². The number of likely N-dealkylation sites (tertiary alicyclic amines) is 1. The number of piperidine rings is 1. The van der Waals surface area contributed by atoms with E-state index in [-0.39, 0.29) is 11.2 Å². The van der Waals surface area contributed by atoms with E-state index in [2.05, 4.69) is 24.1 Å². The van der Waals surface area contributed by atoms with Crippen molar-refractivity contribution >= 4 is 5.78 Å². The summed E-state index contributed by atoms with van der Waals surface area (Å²) in [7, 11) is 0. The van der Waals surface area contributed by atoms with Gasteiger partial charge in [-0.05, 0) is 37.8 Å². The Morgan fingerprint density at radius 3 is 2.61 bits per heavy atom. The van der Waals surface area contributed by atoms with Crippen LogP contribution in [0.25, 0.3) is 0 Å². The molecule has 0 unspecified atom stereocenters. The predicted molar refractivity (Wildman–Crippen MR) is 74.4 cm³/mol. The van der Waals surface area contributed by atoms with Crippen LogP contribution < -0.4 is 5.32 Å². The number of hydrogen-bond acceptors (Lipinski definition) is 3. The Kier molecular flexibility index (Phi) is 4.44. The third-order valence-electron chi connectivity index (χ3n) is 3.89. The maximum absolute atomic E-state index is 11.6. The molecule has 0 aromatic rings. The van der Waals surface area contributed by atoms with Gasteiger partial charge in [-0.3, -0.25) is 4.79 Å². The molecule has 0 atom stereocenters. The van der Waals surface area contributed by atoms with Gasteiger partial charge in [0.15, 0.2) is 5.78 Å². The van der Waals surface area contributed by atoms with Crippen LogP contribution in [-0.2, 0) is 4.79 Å². The lowest BCUT2D eigenvalue weighted by atomic mass is 9.79.